The van der Waals surface area contributed by atoms with Crippen LogP contribution < -0.4 is 4.90 Å². The maximum Gasteiger partial charge on any atom is 0.152 e. The Morgan fingerprint density at radius 3 is 2.79 bits per heavy atom. The van der Waals surface area contributed by atoms with Crippen LogP contribution in [0.4, 0.5) is 5.69 Å². The molecule has 1 aromatic carbocycles. The summed E-state index contributed by atoms with van der Waals surface area (Å²) in [4.78, 5) is 12.8. The van der Waals surface area contributed by atoms with Gasteiger partial charge in [-0.25, -0.2) is 0 Å². The molecular weight excluding hydrogens is 176 g/mol. The molecule has 1 fully saturated rings. The van der Waals surface area contributed by atoms with Gasteiger partial charge in [-0.3, -0.25) is 4.79 Å². The monoisotopic (exact) mass is 186 g/mol. The highest BCUT2D eigenvalue weighted by Crippen LogP contribution is 2.26. The van der Waals surface area contributed by atoms with Crippen molar-refractivity contribution in [3.8, 4) is 6.07 Å². The maximum absolute atomic E-state index is 10.7. The minimum Gasteiger partial charge on any atom is -0.368 e. The van der Waals surface area contributed by atoms with Crippen LogP contribution in [-0.4, -0.2) is 19.4 Å². The summed E-state index contributed by atoms with van der Waals surface area (Å²) in [5.41, 5.74) is 1.64. The van der Waals surface area contributed by atoms with Crippen LogP contribution in [0.3, 0.4) is 0 Å². The number of benzene rings is 1. The maximum atomic E-state index is 10.7. The zero-order valence-corrected chi connectivity index (χ0v) is 7.68. The van der Waals surface area contributed by atoms with E-state index in [0.717, 1.165) is 25.1 Å². The van der Waals surface area contributed by atoms with Gasteiger partial charge >= 0.3 is 0 Å². The van der Waals surface area contributed by atoms with Gasteiger partial charge in [0.05, 0.1) is 12.0 Å². The first-order valence-corrected chi connectivity index (χ1v) is 4.54. The van der Waals surface area contributed by atoms with Crippen molar-refractivity contribution in [3.63, 3.8) is 0 Å². The van der Waals surface area contributed by atoms with Gasteiger partial charge in [0, 0.05) is 24.3 Å². The van der Waals surface area contributed by atoms with Gasteiger partial charge in [0.2, 0.25) is 0 Å². The van der Waals surface area contributed by atoms with Gasteiger partial charge < -0.3 is 4.90 Å². The lowest BCUT2D eigenvalue weighted by molar-refractivity contribution is 0.112. The number of anilines is 1. The Morgan fingerprint density at radius 2 is 2.14 bits per heavy atom. The van der Waals surface area contributed by atoms with E-state index in [4.69, 9.17) is 5.26 Å². The van der Waals surface area contributed by atoms with E-state index in [1.165, 1.54) is 0 Å². The van der Waals surface area contributed by atoms with Gasteiger partial charge in [-0.1, -0.05) is 12.1 Å². The average molecular weight is 186 g/mol. The SMILES string of the molecule is N#CC1CN(c2ccccc2C=O)C1. The van der Waals surface area contributed by atoms with Crippen molar-refractivity contribution >= 4 is 12.0 Å². The predicted molar refractivity (Wildman–Crippen MR) is 53.1 cm³/mol. The number of para-hydroxylation sites is 1. The number of aldehydes is 1. The smallest absolute Gasteiger partial charge is 0.152 e. The Morgan fingerprint density at radius 1 is 1.43 bits per heavy atom. The first-order valence-electron chi connectivity index (χ1n) is 4.54. The molecule has 0 unspecified atom stereocenters. The molecule has 3 heteroatoms. The minimum absolute atomic E-state index is 0.120. The summed E-state index contributed by atoms with van der Waals surface area (Å²) in [6.07, 6.45) is 0.856. The van der Waals surface area contributed by atoms with Crippen molar-refractivity contribution in [2.75, 3.05) is 18.0 Å². The van der Waals surface area contributed by atoms with E-state index < -0.39 is 0 Å². The third-order valence-electron chi connectivity index (χ3n) is 2.47. The Kier molecular flexibility index (Phi) is 2.19. The number of hydrogen-bond donors (Lipinski definition) is 0. The molecule has 1 aliphatic rings. The van der Waals surface area contributed by atoms with E-state index in [1.807, 2.05) is 18.2 Å². The Labute approximate surface area is 82.6 Å². The van der Waals surface area contributed by atoms with Crippen molar-refractivity contribution in [1.29, 1.82) is 5.26 Å². The normalized spacial score (nSPS) is 15.8. The van der Waals surface area contributed by atoms with Gasteiger partial charge in [0.1, 0.15) is 0 Å². The molecule has 0 N–H and O–H groups in total. The molecule has 0 amide bonds. The average Bonchev–Trinajstić information content (AvgIpc) is 2.17. The lowest BCUT2D eigenvalue weighted by atomic mass is 10.00. The molecule has 1 aliphatic heterocycles. The van der Waals surface area contributed by atoms with Gasteiger partial charge in [-0.2, -0.15) is 5.26 Å². The van der Waals surface area contributed by atoms with Gasteiger partial charge in [-0.15, -0.1) is 0 Å². The molecule has 14 heavy (non-hydrogen) atoms. The summed E-state index contributed by atoms with van der Waals surface area (Å²) in [5.74, 6) is 0.120. The van der Waals surface area contributed by atoms with Crippen LogP contribution in [0.5, 0.6) is 0 Å². The van der Waals surface area contributed by atoms with E-state index >= 15 is 0 Å². The van der Waals surface area contributed by atoms with Crippen molar-refractivity contribution in [1.82, 2.24) is 0 Å². The quantitative estimate of drug-likeness (QED) is 0.657. The molecule has 0 spiro atoms. The topological polar surface area (TPSA) is 44.1 Å². The van der Waals surface area contributed by atoms with Crippen LogP contribution in [0, 0.1) is 17.2 Å². The molecule has 1 saturated heterocycles. The van der Waals surface area contributed by atoms with Crippen LogP contribution >= 0.6 is 0 Å². The van der Waals surface area contributed by atoms with Crippen LogP contribution in [0.1, 0.15) is 10.4 Å². The fraction of sp³-hybridized carbons (Fsp3) is 0.273. The summed E-state index contributed by atoms with van der Waals surface area (Å²) in [6.45, 7) is 1.47. The summed E-state index contributed by atoms with van der Waals surface area (Å²) < 4.78 is 0. The molecule has 70 valence electrons. The Hall–Kier alpha value is -1.82. The molecule has 1 aromatic rings. The van der Waals surface area contributed by atoms with Crippen molar-refractivity contribution in [3.05, 3.63) is 29.8 Å². The molecule has 0 aromatic heterocycles. The van der Waals surface area contributed by atoms with Crippen LogP contribution in [0.2, 0.25) is 0 Å². The lowest BCUT2D eigenvalue weighted by Gasteiger charge is -2.37. The lowest BCUT2D eigenvalue weighted by Crippen LogP contribution is -2.46. The number of carbonyl (C=O) groups is 1. The first-order chi connectivity index (χ1) is 6.85. The van der Waals surface area contributed by atoms with Crippen molar-refractivity contribution < 1.29 is 4.79 Å². The second-order valence-corrected chi connectivity index (χ2v) is 3.41. The summed E-state index contributed by atoms with van der Waals surface area (Å²) in [6, 6.07) is 9.66. The number of nitrogens with zero attached hydrogens (tertiary/aromatic N) is 2. The molecule has 3 nitrogen and oxygen atoms in total. The summed E-state index contributed by atoms with van der Waals surface area (Å²) >= 11 is 0. The van der Waals surface area contributed by atoms with E-state index in [0.29, 0.717) is 5.56 Å². The first kappa shape index (κ1) is 8.76. The van der Waals surface area contributed by atoms with Crippen LogP contribution in [0.25, 0.3) is 0 Å². The second-order valence-electron chi connectivity index (χ2n) is 3.41. The largest absolute Gasteiger partial charge is 0.368 e. The highest BCUT2D eigenvalue weighted by atomic mass is 16.1. The zero-order chi connectivity index (χ0) is 9.97. The Bertz CT molecular complexity index is 389. The fourth-order valence-electron chi connectivity index (χ4n) is 1.63. The molecule has 0 atom stereocenters. The highest BCUT2D eigenvalue weighted by molar-refractivity contribution is 5.84. The van der Waals surface area contributed by atoms with Crippen molar-refractivity contribution in [2.45, 2.75) is 0 Å². The Balaban J connectivity index is 2.18. The molecule has 0 bridgehead atoms. The van der Waals surface area contributed by atoms with Gasteiger partial charge in [0.15, 0.2) is 6.29 Å². The van der Waals surface area contributed by atoms with Crippen LogP contribution in [0.15, 0.2) is 24.3 Å². The third-order valence-corrected chi connectivity index (χ3v) is 2.47. The van der Waals surface area contributed by atoms with E-state index in [2.05, 4.69) is 11.0 Å². The fourth-order valence-corrected chi connectivity index (χ4v) is 1.63. The number of carbonyl (C=O) groups excluding carboxylic acids is 1. The molecule has 1 heterocycles. The third kappa shape index (κ3) is 1.35. The molecular formula is C11H10N2O. The number of hydrogen-bond acceptors (Lipinski definition) is 3. The zero-order valence-electron chi connectivity index (χ0n) is 7.68. The predicted octanol–water partition coefficient (Wildman–Crippen LogP) is 1.46. The molecule has 0 aliphatic carbocycles. The van der Waals surface area contributed by atoms with E-state index in [-0.39, 0.29) is 5.92 Å². The summed E-state index contributed by atoms with van der Waals surface area (Å²) in [7, 11) is 0. The second kappa shape index (κ2) is 3.51. The summed E-state index contributed by atoms with van der Waals surface area (Å²) in [5, 5.41) is 8.63. The standard InChI is InChI=1S/C11H10N2O/c12-5-9-6-13(7-9)11-4-2-1-3-10(11)8-14/h1-4,8-9H,6-7H2. The molecule has 0 radical (unpaired) electrons. The minimum atomic E-state index is 0.120. The van der Waals surface area contributed by atoms with Gasteiger partial charge in [0.25, 0.3) is 0 Å². The van der Waals surface area contributed by atoms with Crippen molar-refractivity contribution in [2.24, 2.45) is 5.92 Å². The number of nitriles is 1. The molecule has 0 saturated carbocycles. The number of rotatable bonds is 2. The van der Waals surface area contributed by atoms with E-state index in [9.17, 15) is 4.79 Å². The molecule has 2 rings (SSSR count). The highest BCUT2D eigenvalue weighted by Gasteiger charge is 2.27. The van der Waals surface area contributed by atoms with E-state index in [1.54, 1.807) is 6.07 Å². The van der Waals surface area contributed by atoms with Crippen LogP contribution in [-0.2, 0) is 0 Å². The van der Waals surface area contributed by atoms with Gasteiger partial charge in [-0.05, 0) is 12.1 Å².